The minimum Gasteiger partial charge on any atom is -0.484 e. The first-order chi connectivity index (χ1) is 10.2. The number of benzene rings is 2. The van der Waals surface area contributed by atoms with Gasteiger partial charge in [-0.2, -0.15) is 4.98 Å². The van der Waals surface area contributed by atoms with Crippen LogP contribution in [0, 0.1) is 13.8 Å². The van der Waals surface area contributed by atoms with E-state index in [1.54, 1.807) is 0 Å². The molecule has 1 heterocycles. The van der Waals surface area contributed by atoms with Crippen LogP contribution in [-0.2, 0) is 6.61 Å². The molecule has 0 fully saturated rings. The Bertz CT molecular complexity index is 715. The normalized spacial score (nSPS) is 10.6. The average Bonchev–Trinajstić information content (AvgIpc) is 2.96. The van der Waals surface area contributed by atoms with Crippen LogP contribution in [0.2, 0.25) is 0 Å². The molecular weight excluding hydrogens is 264 g/mol. The number of rotatable bonds is 4. The summed E-state index contributed by atoms with van der Waals surface area (Å²) in [4.78, 5) is 4.34. The van der Waals surface area contributed by atoms with Gasteiger partial charge in [-0.3, -0.25) is 0 Å². The molecule has 0 amide bonds. The molecule has 0 unspecified atom stereocenters. The second-order valence-electron chi connectivity index (χ2n) is 4.98. The summed E-state index contributed by atoms with van der Waals surface area (Å²) in [6, 6.07) is 15.8. The van der Waals surface area contributed by atoms with Crippen LogP contribution in [0.5, 0.6) is 5.75 Å². The van der Waals surface area contributed by atoms with E-state index >= 15 is 0 Å². The largest absolute Gasteiger partial charge is 0.484 e. The standard InChI is InChI=1S/C17H16N2O2/c1-12-3-7-14(8-4-12)17-18-16(21-19-17)11-20-15-9-5-13(2)6-10-15/h3-10H,11H2,1-2H3. The molecule has 0 aliphatic rings. The number of ether oxygens (including phenoxy) is 1. The predicted molar refractivity (Wildman–Crippen MR) is 80.0 cm³/mol. The summed E-state index contributed by atoms with van der Waals surface area (Å²) in [5, 5.41) is 3.98. The Morgan fingerprint density at radius 1 is 0.905 bits per heavy atom. The maximum atomic E-state index is 5.62. The zero-order valence-electron chi connectivity index (χ0n) is 12.0. The van der Waals surface area contributed by atoms with Crippen molar-refractivity contribution < 1.29 is 9.26 Å². The van der Waals surface area contributed by atoms with Gasteiger partial charge in [-0.25, -0.2) is 0 Å². The fourth-order valence-electron chi connectivity index (χ4n) is 1.91. The quantitative estimate of drug-likeness (QED) is 0.726. The molecule has 0 saturated heterocycles. The van der Waals surface area contributed by atoms with Crippen LogP contribution < -0.4 is 4.74 Å². The van der Waals surface area contributed by atoms with Crippen molar-refractivity contribution in [2.75, 3.05) is 0 Å². The van der Waals surface area contributed by atoms with E-state index in [9.17, 15) is 0 Å². The summed E-state index contributed by atoms with van der Waals surface area (Å²) in [5.41, 5.74) is 3.33. The first kappa shape index (κ1) is 13.4. The van der Waals surface area contributed by atoms with Crippen molar-refractivity contribution in [2.45, 2.75) is 20.5 Å². The van der Waals surface area contributed by atoms with Crippen molar-refractivity contribution in [2.24, 2.45) is 0 Å². The molecule has 1 aromatic heterocycles. The Morgan fingerprint density at radius 2 is 1.52 bits per heavy atom. The minimum absolute atomic E-state index is 0.266. The summed E-state index contributed by atoms with van der Waals surface area (Å²) >= 11 is 0. The Labute approximate surface area is 123 Å². The van der Waals surface area contributed by atoms with E-state index in [1.165, 1.54) is 11.1 Å². The van der Waals surface area contributed by atoms with Gasteiger partial charge in [-0.15, -0.1) is 0 Å². The van der Waals surface area contributed by atoms with Crippen molar-refractivity contribution in [3.8, 4) is 17.1 Å². The molecule has 2 aromatic carbocycles. The van der Waals surface area contributed by atoms with E-state index in [1.807, 2.05) is 62.4 Å². The van der Waals surface area contributed by atoms with Crippen LogP contribution in [0.25, 0.3) is 11.4 Å². The second-order valence-corrected chi connectivity index (χ2v) is 4.98. The summed E-state index contributed by atoms with van der Waals surface area (Å²) in [6.45, 7) is 4.35. The first-order valence-electron chi connectivity index (χ1n) is 6.80. The SMILES string of the molecule is Cc1ccc(OCc2nc(-c3ccc(C)cc3)no2)cc1. The van der Waals surface area contributed by atoms with Gasteiger partial charge in [0.1, 0.15) is 5.75 Å². The molecule has 3 rings (SSSR count). The van der Waals surface area contributed by atoms with Crippen LogP contribution in [-0.4, -0.2) is 10.1 Å². The highest BCUT2D eigenvalue weighted by Crippen LogP contribution is 2.18. The van der Waals surface area contributed by atoms with Crippen LogP contribution in [0.1, 0.15) is 17.0 Å². The molecule has 0 bridgehead atoms. The van der Waals surface area contributed by atoms with Gasteiger partial charge >= 0.3 is 0 Å². The monoisotopic (exact) mass is 280 g/mol. The van der Waals surface area contributed by atoms with Crippen molar-refractivity contribution >= 4 is 0 Å². The fraction of sp³-hybridized carbons (Fsp3) is 0.176. The van der Waals surface area contributed by atoms with Crippen molar-refractivity contribution in [1.82, 2.24) is 10.1 Å². The van der Waals surface area contributed by atoms with Crippen molar-refractivity contribution in [1.29, 1.82) is 0 Å². The number of hydrogen-bond acceptors (Lipinski definition) is 4. The molecule has 3 aromatic rings. The van der Waals surface area contributed by atoms with Crippen LogP contribution >= 0.6 is 0 Å². The maximum absolute atomic E-state index is 5.62. The molecule has 0 aliphatic heterocycles. The molecule has 0 atom stereocenters. The van der Waals surface area contributed by atoms with Gasteiger partial charge in [0.2, 0.25) is 5.82 Å². The minimum atomic E-state index is 0.266. The number of aromatic nitrogens is 2. The number of aryl methyl sites for hydroxylation is 2. The Hall–Kier alpha value is -2.62. The first-order valence-corrected chi connectivity index (χ1v) is 6.80. The third-order valence-corrected chi connectivity index (χ3v) is 3.16. The maximum Gasteiger partial charge on any atom is 0.264 e. The van der Waals surface area contributed by atoms with Crippen molar-refractivity contribution in [3.05, 3.63) is 65.5 Å². The summed E-state index contributed by atoms with van der Waals surface area (Å²) < 4.78 is 10.8. The van der Waals surface area contributed by atoms with Gasteiger partial charge in [0.05, 0.1) is 0 Å². The Morgan fingerprint density at radius 3 is 2.19 bits per heavy atom. The zero-order valence-corrected chi connectivity index (χ0v) is 12.0. The van der Waals surface area contributed by atoms with Gasteiger partial charge in [-0.05, 0) is 26.0 Å². The van der Waals surface area contributed by atoms with E-state index in [4.69, 9.17) is 9.26 Å². The highest BCUT2D eigenvalue weighted by atomic mass is 16.5. The average molecular weight is 280 g/mol. The van der Waals surface area contributed by atoms with E-state index in [0.29, 0.717) is 11.7 Å². The van der Waals surface area contributed by atoms with Gasteiger partial charge in [-0.1, -0.05) is 52.7 Å². The molecular formula is C17H16N2O2. The van der Waals surface area contributed by atoms with E-state index < -0.39 is 0 Å². The highest BCUT2D eigenvalue weighted by molar-refractivity contribution is 5.54. The smallest absolute Gasteiger partial charge is 0.264 e. The fourth-order valence-corrected chi connectivity index (χ4v) is 1.91. The van der Waals surface area contributed by atoms with Crippen LogP contribution in [0.3, 0.4) is 0 Å². The number of nitrogens with zero attached hydrogens (tertiary/aromatic N) is 2. The summed E-state index contributed by atoms with van der Waals surface area (Å²) in [7, 11) is 0. The van der Waals surface area contributed by atoms with Crippen LogP contribution in [0.4, 0.5) is 0 Å². The zero-order chi connectivity index (χ0) is 14.7. The Kier molecular flexibility index (Phi) is 3.69. The molecule has 21 heavy (non-hydrogen) atoms. The lowest BCUT2D eigenvalue weighted by molar-refractivity contribution is 0.243. The second kappa shape index (κ2) is 5.79. The molecule has 0 spiro atoms. The molecule has 106 valence electrons. The van der Waals surface area contributed by atoms with E-state index in [0.717, 1.165) is 11.3 Å². The predicted octanol–water partition coefficient (Wildman–Crippen LogP) is 3.93. The third-order valence-electron chi connectivity index (χ3n) is 3.16. The topological polar surface area (TPSA) is 48.2 Å². The van der Waals surface area contributed by atoms with Gasteiger partial charge in [0.15, 0.2) is 6.61 Å². The Balaban J connectivity index is 1.67. The van der Waals surface area contributed by atoms with Gasteiger partial charge < -0.3 is 9.26 Å². The lowest BCUT2D eigenvalue weighted by Crippen LogP contribution is -1.95. The lowest BCUT2D eigenvalue weighted by Gasteiger charge is -2.02. The molecule has 0 saturated carbocycles. The van der Waals surface area contributed by atoms with Gasteiger partial charge in [0, 0.05) is 5.56 Å². The lowest BCUT2D eigenvalue weighted by atomic mass is 10.1. The van der Waals surface area contributed by atoms with E-state index in [2.05, 4.69) is 10.1 Å². The number of hydrogen-bond donors (Lipinski definition) is 0. The van der Waals surface area contributed by atoms with Gasteiger partial charge in [0.25, 0.3) is 5.89 Å². The molecule has 0 radical (unpaired) electrons. The molecule has 4 heteroatoms. The molecule has 4 nitrogen and oxygen atoms in total. The highest BCUT2D eigenvalue weighted by Gasteiger charge is 2.09. The van der Waals surface area contributed by atoms with Crippen molar-refractivity contribution in [3.63, 3.8) is 0 Å². The van der Waals surface area contributed by atoms with Crippen LogP contribution in [0.15, 0.2) is 53.1 Å². The molecule has 0 N–H and O–H groups in total. The summed E-state index contributed by atoms with van der Waals surface area (Å²) in [5.74, 6) is 1.83. The van der Waals surface area contributed by atoms with E-state index in [-0.39, 0.29) is 6.61 Å². The summed E-state index contributed by atoms with van der Waals surface area (Å²) in [6.07, 6.45) is 0. The molecule has 0 aliphatic carbocycles. The third kappa shape index (κ3) is 3.28.